The molecular weight excluding hydrogens is 238 g/mol. The molecule has 1 saturated heterocycles. The third-order valence-electron chi connectivity index (χ3n) is 3.94. The zero-order chi connectivity index (χ0) is 14.0. The molecule has 1 aromatic rings. The molecule has 104 valence electrons. The number of ether oxygens (including phenoxy) is 1. The second-order valence-corrected chi connectivity index (χ2v) is 5.61. The van der Waals surface area contributed by atoms with Crippen molar-refractivity contribution in [2.24, 2.45) is 5.73 Å². The molecule has 0 radical (unpaired) electrons. The predicted molar refractivity (Wildman–Crippen MR) is 79.1 cm³/mol. The maximum Gasteiger partial charge on any atom is 0.124 e. The van der Waals surface area contributed by atoms with E-state index >= 15 is 0 Å². The van der Waals surface area contributed by atoms with E-state index in [1.54, 1.807) is 7.11 Å². The van der Waals surface area contributed by atoms with E-state index in [9.17, 15) is 0 Å². The number of methoxy groups -OCH3 is 1. The van der Waals surface area contributed by atoms with Crippen LogP contribution >= 0.6 is 0 Å². The van der Waals surface area contributed by atoms with Crippen molar-refractivity contribution < 1.29 is 4.74 Å². The van der Waals surface area contributed by atoms with Crippen LogP contribution in [-0.2, 0) is 4.74 Å². The van der Waals surface area contributed by atoms with Crippen LogP contribution in [0, 0.1) is 12.3 Å². The van der Waals surface area contributed by atoms with Gasteiger partial charge in [0.25, 0.3) is 0 Å². The zero-order valence-electron chi connectivity index (χ0n) is 12.0. The van der Waals surface area contributed by atoms with Crippen LogP contribution in [0.25, 0.3) is 0 Å². The van der Waals surface area contributed by atoms with Crippen molar-refractivity contribution in [3.8, 4) is 0 Å². The number of nitrogens with two attached hydrogens (primary N) is 1. The fourth-order valence-electron chi connectivity index (χ4n) is 2.71. The van der Waals surface area contributed by atoms with Gasteiger partial charge in [-0.3, -0.25) is 5.41 Å². The molecule has 1 aliphatic rings. The third kappa shape index (κ3) is 2.89. The molecule has 19 heavy (non-hydrogen) atoms. The number of hydrogen-bond acceptors (Lipinski definition) is 3. The molecule has 2 rings (SSSR count). The van der Waals surface area contributed by atoms with Crippen LogP contribution in [0.2, 0.25) is 0 Å². The fourth-order valence-corrected chi connectivity index (χ4v) is 2.71. The minimum atomic E-state index is -0.115. The van der Waals surface area contributed by atoms with Crippen molar-refractivity contribution in [1.82, 2.24) is 0 Å². The van der Waals surface area contributed by atoms with Crippen molar-refractivity contribution in [1.29, 1.82) is 5.41 Å². The number of amidine groups is 1. The largest absolute Gasteiger partial charge is 0.384 e. The lowest BCUT2D eigenvalue weighted by Gasteiger charge is -2.41. The monoisotopic (exact) mass is 261 g/mol. The molecule has 3 N–H and O–H groups in total. The molecule has 0 amide bonds. The van der Waals surface area contributed by atoms with Crippen molar-refractivity contribution >= 4 is 11.5 Å². The van der Waals surface area contributed by atoms with E-state index in [0.29, 0.717) is 0 Å². The highest BCUT2D eigenvalue weighted by atomic mass is 16.5. The lowest BCUT2D eigenvalue weighted by Crippen LogP contribution is -2.48. The van der Waals surface area contributed by atoms with Crippen LogP contribution < -0.4 is 10.6 Å². The van der Waals surface area contributed by atoms with E-state index < -0.39 is 0 Å². The molecule has 0 saturated carbocycles. The molecule has 1 atom stereocenters. The second-order valence-electron chi connectivity index (χ2n) is 5.61. The molecule has 0 bridgehead atoms. The van der Waals surface area contributed by atoms with E-state index in [4.69, 9.17) is 15.9 Å². The quantitative estimate of drug-likeness (QED) is 0.648. The van der Waals surface area contributed by atoms with Gasteiger partial charge in [0.1, 0.15) is 5.84 Å². The van der Waals surface area contributed by atoms with E-state index in [0.717, 1.165) is 37.2 Å². The average Bonchev–Trinajstić information content (AvgIpc) is 2.38. The SMILES string of the molecule is COC1(C)CCCN(c2cc(C)ccc2C(=N)N)C1. The average molecular weight is 261 g/mol. The molecule has 1 aromatic carbocycles. The van der Waals surface area contributed by atoms with Crippen LogP contribution in [0.5, 0.6) is 0 Å². The Morgan fingerprint density at radius 3 is 2.84 bits per heavy atom. The first kappa shape index (κ1) is 13.9. The van der Waals surface area contributed by atoms with Gasteiger partial charge in [0.05, 0.1) is 5.60 Å². The van der Waals surface area contributed by atoms with Crippen LogP contribution in [0.3, 0.4) is 0 Å². The summed E-state index contributed by atoms with van der Waals surface area (Å²) < 4.78 is 5.63. The molecule has 1 heterocycles. The maximum atomic E-state index is 7.73. The lowest BCUT2D eigenvalue weighted by molar-refractivity contribution is -0.00466. The van der Waals surface area contributed by atoms with Gasteiger partial charge in [0, 0.05) is 31.5 Å². The third-order valence-corrected chi connectivity index (χ3v) is 3.94. The van der Waals surface area contributed by atoms with Gasteiger partial charge in [0.15, 0.2) is 0 Å². The number of nitrogens with zero attached hydrogens (tertiary/aromatic N) is 1. The number of rotatable bonds is 3. The maximum absolute atomic E-state index is 7.73. The van der Waals surface area contributed by atoms with Crippen molar-refractivity contribution in [3.05, 3.63) is 29.3 Å². The molecular formula is C15H23N3O. The number of nitrogen functional groups attached to an aromatic ring is 1. The topological polar surface area (TPSA) is 62.3 Å². The zero-order valence-corrected chi connectivity index (χ0v) is 12.0. The van der Waals surface area contributed by atoms with Crippen LogP contribution in [0.4, 0.5) is 5.69 Å². The van der Waals surface area contributed by atoms with E-state index in [1.807, 2.05) is 12.1 Å². The van der Waals surface area contributed by atoms with Gasteiger partial charge >= 0.3 is 0 Å². The summed E-state index contributed by atoms with van der Waals surface area (Å²) in [5, 5.41) is 7.73. The van der Waals surface area contributed by atoms with Crippen LogP contribution in [0.15, 0.2) is 18.2 Å². The number of anilines is 1. The van der Waals surface area contributed by atoms with Crippen LogP contribution in [-0.4, -0.2) is 31.6 Å². The summed E-state index contributed by atoms with van der Waals surface area (Å²) in [4.78, 5) is 2.29. The summed E-state index contributed by atoms with van der Waals surface area (Å²) in [6.07, 6.45) is 2.16. The lowest BCUT2D eigenvalue weighted by atomic mass is 9.93. The highest BCUT2D eigenvalue weighted by Gasteiger charge is 2.31. The molecule has 0 aromatic heterocycles. The number of benzene rings is 1. The van der Waals surface area contributed by atoms with Gasteiger partial charge in [-0.2, -0.15) is 0 Å². The Morgan fingerprint density at radius 2 is 2.21 bits per heavy atom. The number of piperidine rings is 1. The van der Waals surface area contributed by atoms with Gasteiger partial charge in [-0.05, 0) is 44.4 Å². The Labute approximate surface area is 115 Å². The van der Waals surface area contributed by atoms with E-state index in [1.165, 1.54) is 5.56 Å². The Balaban J connectivity index is 2.35. The summed E-state index contributed by atoms with van der Waals surface area (Å²) in [5.41, 5.74) is 8.63. The predicted octanol–water partition coefficient (Wildman–Crippen LogP) is 2.28. The summed E-state index contributed by atoms with van der Waals surface area (Å²) >= 11 is 0. The summed E-state index contributed by atoms with van der Waals surface area (Å²) in [5.74, 6) is 0.125. The normalized spacial score (nSPS) is 23.4. The minimum Gasteiger partial charge on any atom is -0.384 e. The van der Waals surface area contributed by atoms with E-state index in [-0.39, 0.29) is 11.4 Å². The summed E-state index contributed by atoms with van der Waals surface area (Å²) in [7, 11) is 1.77. The Kier molecular flexibility index (Phi) is 3.80. The number of aryl methyl sites for hydroxylation is 1. The molecule has 1 unspecified atom stereocenters. The first-order valence-corrected chi connectivity index (χ1v) is 6.70. The Morgan fingerprint density at radius 1 is 1.47 bits per heavy atom. The van der Waals surface area contributed by atoms with Crippen molar-refractivity contribution in [3.63, 3.8) is 0 Å². The van der Waals surface area contributed by atoms with Crippen LogP contribution in [0.1, 0.15) is 30.9 Å². The first-order chi connectivity index (χ1) is 8.95. The van der Waals surface area contributed by atoms with Gasteiger partial charge < -0.3 is 15.4 Å². The van der Waals surface area contributed by atoms with Crippen molar-refractivity contribution in [2.75, 3.05) is 25.1 Å². The second kappa shape index (κ2) is 5.21. The number of nitrogens with one attached hydrogen (secondary N) is 1. The fraction of sp³-hybridized carbons (Fsp3) is 0.533. The highest BCUT2D eigenvalue weighted by Crippen LogP contribution is 2.30. The standard InChI is InChI=1S/C15H23N3O/c1-11-5-6-12(14(16)17)13(9-11)18-8-4-7-15(2,10-18)19-3/h5-6,9H,4,7-8,10H2,1-3H3,(H3,16,17). The molecule has 1 fully saturated rings. The molecule has 4 nitrogen and oxygen atoms in total. The highest BCUT2D eigenvalue weighted by molar-refractivity contribution is 6.00. The molecule has 4 heteroatoms. The van der Waals surface area contributed by atoms with Gasteiger partial charge in [-0.1, -0.05) is 6.07 Å². The Bertz CT molecular complexity index is 486. The summed E-state index contributed by atoms with van der Waals surface area (Å²) in [6.45, 7) is 6.03. The van der Waals surface area contributed by atoms with Gasteiger partial charge in [-0.25, -0.2) is 0 Å². The van der Waals surface area contributed by atoms with Gasteiger partial charge in [-0.15, -0.1) is 0 Å². The smallest absolute Gasteiger partial charge is 0.124 e. The van der Waals surface area contributed by atoms with Crippen molar-refractivity contribution in [2.45, 2.75) is 32.3 Å². The molecule has 0 spiro atoms. The summed E-state index contributed by atoms with van der Waals surface area (Å²) in [6, 6.07) is 6.05. The van der Waals surface area contributed by atoms with E-state index in [2.05, 4.69) is 24.8 Å². The number of hydrogen-bond donors (Lipinski definition) is 2. The molecule has 0 aliphatic carbocycles. The first-order valence-electron chi connectivity index (χ1n) is 6.70. The Hall–Kier alpha value is -1.55. The molecule has 1 aliphatic heterocycles. The minimum absolute atomic E-state index is 0.115. The van der Waals surface area contributed by atoms with Gasteiger partial charge in [0.2, 0.25) is 0 Å².